The van der Waals surface area contributed by atoms with Gasteiger partial charge in [0.15, 0.2) is 0 Å². The lowest BCUT2D eigenvalue weighted by Crippen LogP contribution is -2.08. The van der Waals surface area contributed by atoms with Crippen molar-refractivity contribution in [2.24, 2.45) is 0 Å². The summed E-state index contributed by atoms with van der Waals surface area (Å²) in [7, 11) is 0. The summed E-state index contributed by atoms with van der Waals surface area (Å²) in [6.07, 6.45) is 4.99. The minimum Gasteiger partial charge on any atom is -0.466 e. The monoisotopic (exact) mass is 454 g/mol. The maximum absolute atomic E-state index is 11.9. The molecule has 0 saturated heterocycles. The molecular weight excluding hydrogens is 424 g/mol. The van der Waals surface area contributed by atoms with E-state index in [0.717, 1.165) is 40.7 Å². The first kappa shape index (κ1) is 23.3. The molecule has 1 N–H and O–H groups in total. The number of amides is 1. The van der Waals surface area contributed by atoms with Gasteiger partial charge >= 0.3 is 5.97 Å². The predicted molar refractivity (Wildman–Crippen MR) is 136 cm³/mol. The second kappa shape index (κ2) is 10.8. The molecule has 34 heavy (non-hydrogen) atoms. The van der Waals surface area contributed by atoms with Crippen LogP contribution < -0.4 is 5.32 Å². The lowest BCUT2D eigenvalue weighted by molar-refractivity contribution is -0.143. The first-order valence-corrected chi connectivity index (χ1v) is 11.7. The summed E-state index contributed by atoms with van der Waals surface area (Å²) in [6, 6.07) is 24.6. The summed E-state index contributed by atoms with van der Waals surface area (Å²) in [5, 5.41) is 4.11. The molecule has 0 aliphatic carbocycles. The van der Waals surface area contributed by atoms with Crippen LogP contribution in [0.4, 0.5) is 5.69 Å². The van der Waals surface area contributed by atoms with Crippen molar-refractivity contribution in [3.8, 4) is 5.69 Å². The summed E-state index contributed by atoms with van der Waals surface area (Å²) >= 11 is 0. The number of aromatic nitrogens is 1. The molecule has 0 fully saturated rings. The van der Waals surface area contributed by atoms with Crippen molar-refractivity contribution in [1.29, 1.82) is 0 Å². The Hall–Kier alpha value is -3.86. The van der Waals surface area contributed by atoms with Crippen molar-refractivity contribution in [3.05, 3.63) is 95.7 Å². The molecule has 3 aromatic carbocycles. The Morgan fingerprint density at radius 2 is 1.65 bits per heavy atom. The Morgan fingerprint density at radius 3 is 2.41 bits per heavy atom. The topological polar surface area (TPSA) is 60.3 Å². The smallest absolute Gasteiger partial charge is 0.306 e. The average Bonchev–Trinajstić information content (AvgIpc) is 3.20. The van der Waals surface area contributed by atoms with Crippen LogP contribution in [-0.2, 0) is 33.6 Å². The maximum atomic E-state index is 11.9. The zero-order chi connectivity index (χ0) is 23.9. The highest BCUT2D eigenvalue weighted by molar-refractivity contribution is 5.93. The van der Waals surface area contributed by atoms with Gasteiger partial charge in [-0.2, -0.15) is 0 Å². The molecule has 1 aromatic heterocycles. The number of carbonyl (C=O) groups excluding carboxylic acids is 2. The molecular formula is C29H30N2O3. The molecule has 4 aromatic rings. The van der Waals surface area contributed by atoms with Crippen molar-refractivity contribution < 1.29 is 14.3 Å². The molecule has 4 rings (SSSR count). The molecule has 0 unspecified atom stereocenters. The number of benzene rings is 3. The summed E-state index contributed by atoms with van der Waals surface area (Å²) in [4.78, 5) is 23.6. The zero-order valence-corrected chi connectivity index (χ0v) is 19.7. The fraction of sp³-hybridized carbons (Fsp3) is 0.241. The third-order valence-electron chi connectivity index (χ3n) is 5.87. The van der Waals surface area contributed by atoms with E-state index in [1.165, 1.54) is 18.1 Å². The molecule has 174 valence electrons. The molecule has 0 aliphatic rings. The summed E-state index contributed by atoms with van der Waals surface area (Å²) in [6.45, 7) is 3.74. The minimum atomic E-state index is -0.172. The first-order valence-electron chi connectivity index (χ1n) is 11.7. The molecule has 0 saturated carbocycles. The number of anilines is 1. The van der Waals surface area contributed by atoms with E-state index in [-0.39, 0.29) is 11.9 Å². The highest BCUT2D eigenvalue weighted by atomic mass is 16.5. The van der Waals surface area contributed by atoms with E-state index in [1.807, 2.05) is 37.3 Å². The standard InChI is InChI=1S/C29H30N2O3/c1-3-34-29(33)18-15-23-14-17-27-25(19-23)24(16-13-22-9-5-4-6-10-22)20-31(27)28-12-8-7-11-26(28)30-21(2)32/h4-12,14,17,19-20H,3,13,15-16,18H2,1-2H3,(H,30,32). The number of aryl methyl sites for hydroxylation is 3. The van der Waals surface area contributed by atoms with Crippen LogP contribution in [0, 0.1) is 0 Å². The molecule has 0 spiro atoms. The molecule has 0 radical (unpaired) electrons. The number of carbonyl (C=O) groups is 2. The number of esters is 1. The summed E-state index contributed by atoms with van der Waals surface area (Å²) in [5.74, 6) is -0.275. The zero-order valence-electron chi connectivity index (χ0n) is 19.7. The lowest BCUT2D eigenvalue weighted by atomic mass is 10.0. The van der Waals surface area contributed by atoms with E-state index in [9.17, 15) is 9.59 Å². The number of rotatable bonds is 9. The van der Waals surface area contributed by atoms with Crippen molar-refractivity contribution >= 4 is 28.5 Å². The fourth-order valence-electron chi connectivity index (χ4n) is 4.28. The highest BCUT2D eigenvalue weighted by Gasteiger charge is 2.14. The van der Waals surface area contributed by atoms with Gasteiger partial charge in [0, 0.05) is 24.9 Å². The number of para-hydroxylation sites is 2. The van der Waals surface area contributed by atoms with Crippen LogP contribution in [0.5, 0.6) is 0 Å². The number of hydrogen-bond acceptors (Lipinski definition) is 3. The third kappa shape index (κ3) is 5.54. The highest BCUT2D eigenvalue weighted by Crippen LogP contribution is 2.31. The Kier molecular flexibility index (Phi) is 7.43. The van der Waals surface area contributed by atoms with Crippen LogP contribution >= 0.6 is 0 Å². The van der Waals surface area contributed by atoms with Crippen molar-refractivity contribution in [1.82, 2.24) is 4.57 Å². The number of nitrogens with zero attached hydrogens (tertiary/aromatic N) is 1. The molecule has 0 atom stereocenters. The van der Waals surface area contributed by atoms with Crippen molar-refractivity contribution in [2.75, 3.05) is 11.9 Å². The number of ether oxygens (including phenoxy) is 1. The van der Waals surface area contributed by atoms with Gasteiger partial charge in [-0.15, -0.1) is 0 Å². The molecule has 1 heterocycles. The number of nitrogens with one attached hydrogen (secondary N) is 1. The van der Waals surface area contributed by atoms with Crippen molar-refractivity contribution in [3.63, 3.8) is 0 Å². The van der Waals surface area contributed by atoms with E-state index in [2.05, 4.69) is 58.5 Å². The Labute approximate surface area is 200 Å². The van der Waals surface area contributed by atoms with E-state index in [4.69, 9.17) is 4.74 Å². The molecule has 1 amide bonds. The quantitative estimate of drug-likeness (QED) is 0.322. The van der Waals surface area contributed by atoms with Gasteiger partial charge in [-0.05, 0) is 67.1 Å². The SMILES string of the molecule is CCOC(=O)CCc1ccc2c(c1)c(CCc1ccccc1)cn2-c1ccccc1NC(C)=O. The minimum absolute atomic E-state index is 0.102. The fourth-order valence-corrected chi connectivity index (χ4v) is 4.28. The van der Waals surface area contributed by atoms with Gasteiger partial charge in [-0.3, -0.25) is 9.59 Å². The molecule has 0 aliphatic heterocycles. The molecule has 0 bridgehead atoms. The second-order valence-electron chi connectivity index (χ2n) is 8.36. The van der Waals surface area contributed by atoms with Gasteiger partial charge in [0.2, 0.25) is 5.91 Å². The average molecular weight is 455 g/mol. The van der Waals surface area contributed by atoms with E-state index in [1.54, 1.807) is 0 Å². The van der Waals surface area contributed by atoms with Crippen LogP contribution in [0.15, 0.2) is 79.0 Å². The normalized spacial score (nSPS) is 10.9. The van der Waals surface area contributed by atoms with Gasteiger partial charge in [0.1, 0.15) is 0 Å². The van der Waals surface area contributed by atoms with Gasteiger partial charge < -0.3 is 14.6 Å². The number of fused-ring (bicyclic) bond motifs is 1. The van der Waals surface area contributed by atoms with E-state index in [0.29, 0.717) is 19.4 Å². The van der Waals surface area contributed by atoms with Gasteiger partial charge in [-0.25, -0.2) is 0 Å². The van der Waals surface area contributed by atoms with Gasteiger partial charge in [0.05, 0.1) is 23.5 Å². The Morgan fingerprint density at radius 1 is 0.882 bits per heavy atom. The Balaban J connectivity index is 1.73. The molecule has 5 heteroatoms. The summed E-state index contributed by atoms with van der Waals surface area (Å²) < 4.78 is 7.24. The predicted octanol–water partition coefficient (Wildman–Crippen LogP) is 5.87. The van der Waals surface area contributed by atoms with E-state index >= 15 is 0 Å². The van der Waals surface area contributed by atoms with Crippen LogP contribution in [0.1, 0.15) is 37.0 Å². The van der Waals surface area contributed by atoms with Gasteiger partial charge in [-0.1, -0.05) is 48.5 Å². The molecule has 5 nitrogen and oxygen atoms in total. The van der Waals surface area contributed by atoms with E-state index < -0.39 is 0 Å². The summed E-state index contributed by atoms with van der Waals surface area (Å²) in [5.41, 5.74) is 6.39. The van der Waals surface area contributed by atoms with Crippen molar-refractivity contribution in [2.45, 2.75) is 39.5 Å². The first-order chi connectivity index (χ1) is 16.5. The van der Waals surface area contributed by atoms with Crippen LogP contribution in [0.3, 0.4) is 0 Å². The number of hydrogen-bond donors (Lipinski definition) is 1. The van der Waals surface area contributed by atoms with Crippen LogP contribution in [0.25, 0.3) is 16.6 Å². The largest absolute Gasteiger partial charge is 0.466 e. The van der Waals surface area contributed by atoms with Crippen LogP contribution in [0.2, 0.25) is 0 Å². The third-order valence-corrected chi connectivity index (χ3v) is 5.87. The lowest BCUT2D eigenvalue weighted by Gasteiger charge is -2.12. The second-order valence-corrected chi connectivity index (χ2v) is 8.36. The van der Waals surface area contributed by atoms with Gasteiger partial charge in [0.25, 0.3) is 0 Å². The maximum Gasteiger partial charge on any atom is 0.306 e. The Bertz CT molecular complexity index is 1290. The van der Waals surface area contributed by atoms with Crippen LogP contribution in [-0.4, -0.2) is 23.1 Å².